The van der Waals surface area contributed by atoms with Crippen LogP contribution in [-0.4, -0.2) is 67.2 Å². The number of hydrogen-bond donors (Lipinski definition) is 1. The third-order valence-corrected chi connectivity index (χ3v) is 8.52. The number of piperazine rings is 1. The van der Waals surface area contributed by atoms with Gasteiger partial charge in [0.2, 0.25) is 5.91 Å². The van der Waals surface area contributed by atoms with E-state index < -0.39 is 11.5 Å². The van der Waals surface area contributed by atoms with E-state index in [1.807, 2.05) is 45.6 Å². The van der Waals surface area contributed by atoms with Crippen LogP contribution in [0.2, 0.25) is 0 Å². The van der Waals surface area contributed by atoms with Gasteiger partial charge in [0.25, 0.3) is 0 Å². The lowest BCUT2D eigenvalue weighted by atomic mass is 9.99. The number of carbonyl (C=O) groups is 1. The summed E-state index contributed by atoms with van der Waals surface area (Å²) in [6.07, 6.45) is 3.44. The zero-order chi connectivity index (χ0) is 31.4. The molecule has 4 aromatic rings. The van der Waals surface area contributed by atoms with Gasteiger partial charge in [-0.2, -0.15) is 4.98 Å². The van der Waals surface area contributed by atoms with Crippen molar-refractivity contribution in [2.45, 2.75) is 59.0 Å². The first-order chi connectivity index (χ1) is 21.0. The van der Waals surface area contributed by atoms with Crippen LogP contribution in [-0.2, 0) is 11.2 Å². The summed E-state index contributed by atoms with van der Waals surface area (Å²) in [4.78, 5) is 44.8. The number of pyridine rings is 2. The molecule has 0 bridgehead atoms. The Labute approximate surface area is 254 Å². The lowest BCUT2D eigenvalue weighted by Gasteiger charge is -2.44. The number of nitrogens with zero attached hydrogens (tertiary/aromatic N) is 6. The average Bonchev–Trinajstić information content (AvgIpc) is 3.48. The van der Waals surface area contributed by atoms with Crippen molar-refractivity contribution in [1.29, 1.82) is 0 Å². The summed E-state index contributed by atoms with van der Waals surface area (Å²) in [5.74, 6) is -0.274. The summed E-state index contributed by atoms with van der Waals surface area (Å²) in [6, 6.07) is 5.52. The molecule has 3 aromatic heterocycles. The predicted molar refractivity (Wildman–Crippen MR) is 166 cm³/mol. The molecule has 0 unspecified atom stereocenters. The van der Waals surface area contributed by atoms with Crippen LogP contribution in [0, 0.1) is 12.7 Å². The van der Waals surface area contributed by atoms with Gasteiger partial charge in [-0.3, -0.25) is 9.78 Å². The largest absolute Gasteiger partial charge is 0.507 e. The molecule has 2 atom stereocenters. The fraction of sp³-hybridized carbons (Fsp3) is 0.364. The van der Waals surface area contributed by atoms with E-state index in [1.54, 1.807) is 11.1 Å². The molecule has 0 radical (unpaired) electrons. The SMILES string of the molecule is C=CC(=O)N1C[C@H](C)N(c2nc(=O)n(-c3c(C)ccnc3C(C)C)c3nc(-c4c(O)cccc4F)c4c(c23)OCC4)C[C@H]1C. The monoisotopic (exact) mass is 598 g/mol. The maximum absolute atomic E-state index is 15.4. The number of amides is 1. The van der Waals surface area contributed by atoms with Crippen molar-refractivity contribution in [3.63, 3.8) is 0 Å². The van der Waals surface area contributed by atoms with Crippen LogP contribution < -0.4 is 15.3 Å². The predicted octanol–water partition coefficient (Wildman–Crippen LogP) is 4.67. The van der Waals surface area contributed by atoms with Gasteiger partial charge in [-0.25, -0.2) is 18.7 Å². The first kappa shape index (κ1) is 29.3. The van der Waals surface area contributed by atoms with Gasteiger partial charge in [0.1, 0.15) is 28.5 Å². The Kier molecular flexibility index (Phi) is 7.35. The second-order valence-electron chi connectivity index (χ2n) is 11.8. The number of aromatic nitrogens is 4. The molecule has 11 heteroatoms. The highest BCUT2D eigenvalue weighted by atomic mass is 19.1. The summed E-state index contributed by atoms with van der Waals surface area (Å²) < 4.78 is 23.0. The number of carbonyl (C=O) groups excluding carboxylic acids is 1. The Balaban J connectivity index is 1.72. The van der Waals surface area contributed by atoms with Crippen molar-refractivity contribution in [3.05, 3.63) is 76.2 Å². The second-order valence-corrected chi connectivity index (χ2v) is 11.8. The lowest BCUT2D eigenvalue weighted by molar-refractivity contribution is -0.128. The Bertz CT molecular complexity index is 1870. The lowest BCUT2D eigenvalue weighted by Crippen LogP contribution is -2.58. The standard InChI is InChI=1S/C33H35FN6O4/c1-7-24(42)38-15-20(6)39(16-19(38)5)31-26-30-21(12-14-44-30)28(25-22(34)9-8-10-23(25)41)36-32(26)40(33(43)37-31)29-18(4)11-13-35-27(29)17(2)3/h7-11,13,17,19-20,41H,1,12,14-16H2,2-6H3/t19-,20+/m1/s1. The number of rotatable bonds is 5. The van der Waals surface area contributed by atoms with Crippen molar-refractivity contribution in [2.75, 3.05) is 24.6 Å². The number of aromatic hydroxyl groups is 1. The van der Waals surface area contributed by atoms with Crippen LogP contribution in [0.15, 0.2) is 47.9 Å². The molecule has 228 valence electrons. The van der Waals surface area contributed by atoms with Gasteiger partial charge in [0.05, 0.1) is 29.2 Å². The fourth-order valence-corrected chi connectivity index (χ4v) is 6.38. The minimum absolute atomic E-state index is 0.0383. The summed E-state index contributed by atoms with van der Waals surface area (Å²) >= 11 is 0. The highest BCUT2D eigenvalue weighted by Crippen LogP contribution is 2.45. The van der Waals surface area contributed by atoms with Crippen molar-refractivity contribution in [3.8, 4) is 28.4 Å². The number of ether oxygens (including phenoxy) is 1. The number of benzene rings is 1. The van der Waals surface area contributed by atoms with Crippen molar-refractivity contribution in [1.82, 2.24) is 24.4 Å². The van der Waals surface area contributed by atoms with E-state index in [1.165, 1.54) is 28.8 Å². The molecule has 6 rings (SSSR count). The Morgan fingerprint density at radius 1 is 1.18 bits per heavy atom. The molecule has 0 aliphatic carbocycles. The zero-order valence-corrected chi connectivity index (χ0v) is 25.5. The molecule has 1 amide bonds. The zero-order valence-electron chi connectivity index (χ0n) is 25.5. The van der Waals surface area contributed by atoms with Crippen LogP contribution in [0.3, 0.4) is 0 Å². The van der Waals surface area contributed by atoms with Crippen LogP contribution in [0.1, 0.15) is 50.4 Å². The molecule has 5 heterocycles. The summed E-state index contributed by atoms with van der Waals surface area (Å²) in [7, 11) is 0. The van der Waals surface area contributed by atoms with Crippen LogP contribution in [0.4, 0.5) is 10.2 Å². The average molecular weight is 599 g/mol. The van der Waals surface area contributed by atoms with Crippen LogP contribution in [0.5, 0.6) is 11.5 Å². The number of anilines is 1. The fourth-order valence-electron chi connectivity index (χ4n) is 6.38. The normalized spacial score (nSPS) is 18.1. The number of fused-ring (bicyclic) bond motifs is 3. The Morgan fingerprint density at radius 2 is 1.95 bits per heavy atom. The summed E-state index contributed by atoms with van der Waals surface area (Å²) in [5, 5.41) is 11.3. The quantitative estimate of drug-likeness (QED) is 0.330. The number of hydrogen-bond acceptors (Lipinski definition) is 8. The highest BCUT2D eigenvalue weighted by molar-refractivity contribution is 5.98. The maximum Gasteiger partial charge on any atom is 0.355 e. The Hall–Kier alpha value is -4.80. The van der Waals surface area contributed by atoms with E-state index in [-0.39, 0.29) is 46.6 Å². The second kappa shape index (κ2) is 11.0. The smallest absolute Gasteiger partial charge is 0.355 e. The van der Waals surface area contributed by atoms with E-state index in [4.69, 9.17) is 9.72 Å². The number of phenolic OH excluding ortho intramolecular Hbond substituents is 1. The van der Waals surface area contributed by atoms with E-state index in [0.29, 0.717) is 60.0 Å². The molecule has 44 heavy (non-hydrogen) atoms. The molecule has 0 saturated carbocycles. The van der Waals surface area contributed by atoms with Crippen LogP contribution >= 0.6 is 0 Å². The minimum atomic E-state index is -0.639. The van der Waals surface area contributed by atoms with E-state index >= 15 is 4.39 Å². The topological polar surface area (TPSA) is 114 Å². The Morgan fingerprint density at radius 3 is 2.66 bits per heavy atom. The first-order valence-corrected chi connectivity index (χ1v) is 14.8. The molecule has 2 aliphatic heterocycles. The number of phenols is 1. The molecule has 1 saturated heterocycles. The third-order valence-electron chi connectivity index (χ3n) is 8.52. The van der Waals surface area contributed by atoms with Gasteiger partial charge in [0, 0.05) is 43.4 Å². The maximum atomic E-state index is 15.4. The highest BCUT2D eigenvalue weighted by Gasteiger charge is 2.36. The van der Waals surface area contributed by atoms with Gasteiger partial charge in [-0.05, 0) is 56.5 Å². The molecule has 0 spiro atoms. The van der Waals surface area contributed by atoms with Crippen molar-refractivity contribution in [2.24, 2.45) is 0 Å². The molecular weight excluding hydrogens is 563 g/mol. The van der Waals surface area contributed by atoms with E-state index in [9.17, 15) is 14.7 Å². The number of halogens is 1. The van der Waals surface area contributed by atoms with E-state index in [0.717, 1.165) is 5.56 Å². The molecular formula is C33H35FN6O4. The minimum Gasteiger partial charge on any atom is -0.507 e. The molecule has 1 fully saturated rings. The van der Waals surface area contributed by atoms with E-state index in [2.05, 4.69) is 16.5 Å². The van der Waals surface area contributed by atoms with Gasteiger partial charge >= 0.3 is 5.69 Å². The van der Waals surface area contributed by atoms with Crippen molar-refractivity contribution < 1.29 is 19.0 Å². The van der Waals surface area contributed by atoms with Crippen LogP contribution in [0.25, 0.3) is 28.0 Å². The molecule has 2 aliphatic rings. The first-order valence-electron chi connectivity index (χ1n) is 14.8. The molecule has 1 aromatic carbocycles. The van der Waals surface area contributed by atoms with Gasteiger partial charge in [-0.1, -0.05) is 26.5 Å². The van der Waals surface area contributed by atoms with Crippen molar-refractivity contribution >= 4 is 22.8 Å². The summed E-state index contributed by atoms with van der Waals surface area (Å²) in [5.41, 5.74) is 2.44. The molecule has 1 N–H and O–H groups in total. The van der Waals surface area contributed by atoms with Gasteiger partial charge in [-0.15, -0.1) is 0 Å². The van der Waals surface area contributed by atoms with Gasteiger partial charge < -0.3 is 19.6 Å². The van der Waals surface area contributed by atoms with Gasteiger partial charge in [0.15, 0.2) is 5.65 Å². The number of aryl methyl sites for hydroxylation is 1. The summed E-state index contributed by atoms with van der Waals surface area (Å²) in [6.45, 7) is 14.5. The molecule has 10 nitrogen and oxygen atoms in total. The third kappa shape index (κ3) is 4.58.